The van der Waals surface area contributed by atoms with Gasteiger partial charge in [-0.05, 0) is 26.2 Å². The molecule has 154 valence electrons. The molecule has 0 spiro atoms. The summed E-state index contributed by atoms with van der Waals surface area (Å²) in [7, 11) is 0. The number of rotatable bonds is 7. The maximum absolute atomic E-state index is 12.7. The van der Waals surface area contributed by atoms with Crippen molar-refractivity contribution >= 4 is 23.4 Å². The molecule has 1 heterocycles. The van der Waals surface area contributed by atoms with Crippen LogP contribution in [0.5, 0.6) is 11.5 Å². The third-order valence-corrected chi connectivity index (χ3v) is 4.40. The molecule has 0 bridgehead atoms. The van der Waals surface area contributed by atoms with Crippen LogP contribution in [0.1, 0.15) is 27.2 Å². The number of amides is 2. The number of nitrogens with one attached hydrogen (secondary N) is 1. The summed E-state index contributed by atoms with van der Waals surface area (Å²) < 4.78 is 10.9. The lowest BCUT2D eigenvalue weighted by Gasteiger charge is -2.34. The highest BCUT2D eigenvalue weighted by Crippen LogP contribution is 2.38. The van der Waals surface area contributed by atoms with Gasteiger partial charge in [0.05, 0.1) is 30.1 Å². The fourth-order valence-electron chi connectivity index (χ4n) is 3.23. The van der Waals surface area contributed by atoms with E-state index in [-0.39, 0.29) is 35.3 Å². The highest BCUT2D eigenvalue weighted by molar-refractivity contribution is 5.93. The van der Waals surface area contributed by atoms with Crippen molar-refractivity contribution in [2.45, 2.75) is 27.2 Å². The van der Waals surface area contributed by atoms with Crippen molar-refractivity contribution in [3.05, 3.63) is 22.2 Å². The Hall–Kier alpha value is -3.04. The van der Waals surface area contributed by atoms with E-state index in [1.807, 2.05) is 6.92 Å². The Morgan fingerprint density at radius 3 is 2.39 bits per heavy atom. The second-order valence-corrected chi connectivity index (χ2v) is 6.65. The molecule has 2 atom stereocenters. The molecule has 10 nitrogen and oxygen atoms in total. The monoisotopic (exact) mass is 395 g/mol. The van der Waals surface area contributed by atoms with Crippen molar-refractivity contribution in [3.63, 3.8) is 0 Å². The first-order chi connectivity index (χ1) is 13.3. The lowest BCUT2D eigenvalue weighted by atomic mass is 9.91. The van der Waals surface area contributed by atoms with Crippen LogP contribution in [0.15, 0.2) is 12.1 Å². The predicted octanol–water partition coefficient (Wildman–Crippen LogP) is 2.97. The van der Waals surface area contributed by atoms with Crippen LogP contribution in [0, 0.1) is 22.0 Å². The zero-order valence-electron chi connectivity index (χ0n) is 16.1. The summed E-state index contributed by atoms with van der Waals surface area (Å²) in [6.07, 6.45) is 0.483. The number of carbonyl (C=O) groups excluding carboxylic acids is 1. The molecule has 1 aromatic rings. The Kier molecular flexibility index (Phi) is 7.02. The molecule has 1 saturated heterocycles. The summed E-state index contributed by atoms with van der Waals surface area (Å²) in [5, 5.41) is 23.3. The van der Waals surface area contributed by atoms with E-state index in [0.29, 0.717) is 26.2 Å². The van der Waals surface area contributed by atoms with Gasteiger partial charge in [-0.15, -0.1) is 0 Å². The van der Waals surface area contributed by atoms with E-state index in [1.54, 1.807) is 13.8 Å². The fraction of sp³-hybridized carbons (Fsp3) is 0.556. The molecule has 2 N–H and O–H groups in total. The topological polar surface area (TPSA) is 131 Å². The van der Waals surface area contributed by atoms with E-state index >= 15 is 0 Å². The molecule has 2 rings (SSSR count). The van der Waals surface area contributed by atoms with Gasteiger partial charge in [0.2, 0.25) is 0 Å². The minimum absolute atomic E-state index is 0.00917. The third-order valence-electron chi connectivity index (χ3n) is 4.40. The lowest BCUT2D eigenvalue weighted by Crippen LogP contribution is -2.47. The zero-order valence-corrected chi connectivity index (χ0v) is 16.1. The molecule has 28 heavy (non-hydrogen) atoms. The molecule has 2 amide bonds. The summed E-state index contributed by atoms with van der Waals surface area (Å²) in [6, 6.07) is 1.97. The van der Waals surface area contributed by atoms with Gasteiger partial charge in [-0.3, -0.25) is 14.9 Å². The first-order valence-corrected chi connectivity index (χ1v) is 9.13. The van der Waals surface area contributed by atoms with Crippen LogP contribution in [0.25, 0.3) is 0 Å². The molecular formula is C18H25N3O7. The van der Waals surface area contributed by atoms with Crippen molar-refractivity contribution in [1.29, 1.82) is 0 Å². The van der Waals surface area contributed by atoms with Crippen LogP contribution >= 0.6 is 0 Å². The van der Waals surface area contributed by atoms with Gasteiger partial charge >= 0.3 is 12.0 Å². The smallest absolute Gasteiger partial charge is 0.322 e. The van der Waals surface area contributed by atoms with Gasteiger partial charge in [-0.1, -0.05) is 6.92 Å². The number of nitro benzene ring substituents is 1. The maximum Gasteiger partial charge on any atom is 0.322 e. The molecule has 0 saturated carbocycles. The number of aliphatic carboxylic acids is 1. The Balaban J connectivity index is 2.30. The van der Waals surface area contributed by atoms with Crippen LogP contribution in [-0.2, 0) is 4.79 Å². The number of carboxylic acids is 1. The Morgan fingerprint density at radius 1 is 1.25 bits per heavy atom. The number of piperidine rings is 1. The van der Waals surface area contributed by atoms with E-state index in [2.05, 4.69) is 5.32 Å². The molecule has 0 radical (unpaired) electrons. The van der Waals surface area contributed by atoms with Crippen molar-refractivity contribution in [2.75, 3.05) is 31.6 Å². The highest BCUT2D eigenvalue weighted by atomic mass is 16.6. The minimum Gasteiger partial charge on any atom is -0.490 e. The highest BCUT2D eigenvalue weighted by Gasteiger charge is 2.33. The SMILES string of the molecule is CCOc1cc(NC(=O)N2CC(C)CC(C(=O)O)C2)c([N+](=O)[O-])cc1OCC. The number of hydrogen-bond acceptors (Lipinski definition) is 6. The number of hydrogen-bond donors (Lipinski definition) is 2. The Morgan fingerprint density at radius 2 is 1.86 bits per heavy atom. The van der Waals surface area contributed by atoms with Crippen molar-refractivity contribution in [2.24, 2.45) is 11.8 Å². The second-order valence-electron chi connectivity index (χ2n) is 6.65. The van der Waals surface area contributed by atoms with E-state index in [0.717, 1.165) is 0 Å². The van der Waals surface area contributed by atoms with Crippen molar-refractivity contribution < 1.29 is 29.1 Å². The first kappa shape index (κ1) is 21.3. The van der Waals surface area contributed by atoms with Gasteiger partial charge in [0.25, 0.3) is 5.69 Å². The molecule has 2 unspecified atom stereocenters. The largest absolute Gasteiger partial charge is 0.490 e. The van der Waals surface area contributed by atoms with Crippen molar-refractivity contribution in [1.82, 2.24) is 4.90 Å². The number of ether oxygens (including phenoxy) is 2. The van der Waals surface area contributed by atoms with Crippen LogP contribution < -0.4 is 14.8 Å². The second kappa shape index (κ2) is 9.25. The third kappa shape index (κ3) is 5.02. The molecule has 0 aromatic heterocycles. The quantitative estimate of drug-likeness (QED) is 0.536. The average Bonchev–Trinajstić information content (AvgIpc) is 2.63. The summed E-state index contributed by atoms with van der Waals surface area (Å²) >= 11 is 0. The van der Waals surface area contributed by atoms with Crippen molar-refractivity contribution in [3.8, 4) is 11.5 Å². The van der Waals surface area contributed by atoms with Crippen LogP contribution in [0.4, 0.5) is 16.2 Å². The number of carboxylic acid groups (broad SMARTS) is 1. The van der Waals surface area contributed by atoms with Gasteiger partial charge in [0, 0.05) is 19.2 Å². The minimum atomic E-state index is -0.963. The van der Waals surface area contributed by atoms with E-state index in [9.17, 15) is 24.8 Å². The van der Waals surface area contributed by atoms with Gasteiger partial charge < -0.3 is 24.8 Å². The zero-order chi connectivity index (χ0) is 20.8. The van der Waals surface area contributed by atoms with Gasteiger partial charge in [0.1, 0.15) is 5.69 Å². The fourth-order valence-corrected chi connectivity index (χ4v) is 3.23. The van der Waals surface area contributed by atoms with Crippen LogP contribution in [0.2, 0.25) is 0 Å². The summed E-state index contributed by atoms with van der Waals surface area (Å²) in [5.74, 6) is -1.12. The molecule has 1 aliphatic heterocycles. The summed E-state index contributed by atoms with van der Waals surface area (Å²) in [6.45, 7) is 6.40. The number of nitrogens with zero attached hydrogens (tertiary/aromatic N) is 2. The van der Waals surface area contributed by atoms with Gasteiger partial charge in [-0.25, -0.2) is 4.79 Å². The summed E-state index contributed by atoms with van der Waals surface area (Å²) in [5.41, 5.74) is -0.368. The van der Waals surface area contributed by atoms with E-state index < -0.39 is 22.8 Å². The first-order valence-electron chi connectivity index (χ1n) is 9.13. The standard InChI is InChI=1S/C18H25N3O7/c1-4-27-15-7-13(14(21(25)26)8-16(15)28-5-2)19-18(24)20-9-11(3)6-12(10-20)17(22)23/h7-8,11-12H,4-6,9-10H2,1-3H3,(H,19,24)(H,22,23). The average molecular weight is 395 g/mol. The Labute approximate surface area is 162 Å². The molecular weight excluding hydrogens is 370 g/mol. The summed E-state index contributed by atoms with van der Waals surface area (Å²) in [4.78, 5) is 36.2. The normalized spacial score (nSPS) is 19.0. The maximum atomic E-state index is 12.7. The Bertz CT molecular complexity index is 753. The van der Waals surface area contributed by atoms with Crippen LogP contribution in [-0.4, -0.2) is 53.2 Å². The molecule has 1 aromatic carbocycles. The molecule has 1 fully saturated rings. The van der Waals surface area contributed by atoms with Gasteiger partial charge in [-0.2, -0.15) is 0 Å². The number of urea groups is 1. The lowest BCUT2D eigenvalue weighted by molar-refractivity contribution is -0.384. The molecule has 10 heteroatoms. The van der Waals surface area contributed by atoms with E-state index in [1.165, 1.54) is 17.0 Å². The molecule has 0 aliphatic carbocycles. The van der Waals surface area contributed by atoms with E-state index in [4.69, 9.17) is 9.47 Å². The molecule has 1 aliphatic rings. The van der Waals surface area contributed by atoms with Gasteiger partial charge in [0.15, 0.2) is 11.5 Å². The number of anilines is 1. The number of carbonyl (C=O) groups is 2. The number of benzene rings is 1. The predicted molar refractivity (Wildman–Crippen MR) is 101 cm³/mol. The number of likely N-dealkylation sites (tertiary alicyclic amines) is 1. The number of nitro groups is 1. The van der Waals surface area contributed by atoms with Crippen LogP contribution in [0.3, 0.4) is 0 Å².